The molecule has 2 aliphatic carbocycles. The molecule has 1 saturated heterocycles. The van der Waals surface area contributed by atoms with Crippen LogP contribution in [0.4, 0.5) is 0 Å². The number of ketones is 1. The summed E-state index contributed by atoms with van der Waals surface area (Å²) in [4.78, 5) is 36.1. The van der Waals surface area contributed by atoms with Crippen LogP contribution in [-0.4, -0.2) is 49.9 Å². The first-order valence-corrected chi connectivity index (χ1v) is 14.3. The third-order valence-electron chi connectivity index (χ3n) is 7.52. The Balaban J connectivity index is 1.67. The van der Waals surface area contributed by atoms with Crippen LogP contribution in [0, 0.1) is 35.5 Å². The number of carbonyl (C=O) groups excluding carboxylic acids is 3. The molecule has 2 saturated carbocycles. The number of carbonyl (C=O) groups is 3. The van der Waals surface area contributed by atoms with Gasteiger partial charge in [-0.2, -0.15) is 0 Å². The molecule has 0 amide bonds. The fourth-order valence-corrected chi connectivity index (χ4v) is 5.18. The third-order valence-corrected chi connectivity index (χ3v) is 7.52. The molecule has 0 bridgehead atoms. The molecular formula is C31H44O7. The highest BCUT2D eigenvalue weighted by Gasteiger charge is 2.45. The number of rotatable bonds is 13. The van der Waals surface area contributed by atoms with Gasteiger partial charge in [-0.05, 0) is 57.4 Å². The summed E-state index contributed by atoms with van der Waals surface area (Å²) in [6, 6.07) is 0. The Morgan fingerprint density at radius 1 is 1.08 bits per heavy atom. The number of unbranched alkanes of at least 4 members (excludes halogenated alkanes) is 2. The predicted octanol–water partition coefficient (Wildman–Crippen LogP) is 5.32. The number of ether oxygens (including phenoxy) is 4. The Hall–Kier alpha value is -2.43. The third kappa shape index (κ3) is 10.4. The van der Waals surface area contributed by atoms with Crippen molar-refractivity contribution < 1.29 is 33.3 Å². The second-order valence-electron chi connectivity index (χ2n) is 10.8. The fourth-order valence-electron chi connectivity index (χ4n) is 5.18. The van der Waals surface area contributed by atoms with Crippen molar-refractivity contribution >= 4 is 17.7 Å². The van der Waals surface area contributed by atoms with Gasteiger partial charge in [0.15, 0.2) is 12.1 Å². The Bertz CT molecular complexity index is 901. The first kappa shape index (κ1) is 30.1. The van der Waals surface area contributed by atoms with Crippen molar-refractivity contribution in [1.82, 2.24) is 0 Å². The van der Waals surface area contributed by atoms with Gasteiger partial charge in [0.2, 0.25) is 0 Å². The number of hydrogen-bond acceptors (Lipinski definition) is 7. The van der Waals surface area contributed by atoms with E-state index in [4.69, 9.17) is 14.2 Å². The van der Waals surface area contributed by atoms with Crippen LogP contribution in [0.5, 0.6) is 0 Å². The lowest BCUT2D eigenvalue weighted by molar-refractivity contribution is -0.193. The molecule has 0 aromatic heterocycles. The molecule has 1 aliphatic heterocycles. The van der Waals surface area contributed by atoms with Gasteiger partial charge in [-0.3, -0.25) is 9.59 Å². The average Bonchev–Trinajstić information content (AvgIpc) is 3.67. The predicted molar refractivity (Wildman–Crippen MR) is 144 cm³/mol. The number of esters is 2. The SMILES string of the molecule is COC(=O)/C=C/CCCC[C@@H]1[C@@H](/C=C/C(=O)[C@@H](C)CC#CC2CC2)[C@H](OC2CCCCO2)C[C@@H]1OC(C)=O. The van der Waals surface area contributed by atoms with E-state index < -0.39 is 0 Å². The van der Waals surface area contributed by atoms with Crippen LogP contribution in [0.15, 0.2) is 24.3 Å². The van der Waals surface area contributed by atoms with Gasteiger partial charge in [0.1, 0.15) is 6.10 Å². The zero-order valence-corrected chi connectivity index (χ0v) is 23.2. The molecule has 1 heterocycles. The number of methoxy groups -OCH3 is 1. The first-order valence-electron chi connectivity index (χ1n) is 14.3. The highest BCUT2D eigenvalue weighted by molar-refractivity contribution is 5.91. The van der Waals surface area contributed by atoms with Crippen LogP contribution in [-0.2, 0) is 33.3 Å². The number of hydrogen-bond donors (Lipinski definition) is 0. The van der Waals surface area contributed by atoms with Gasteiger partial charge in [-0.15, -0.1) is 5.92 Å². The molecule has 0 spiro atoms. The number of allylic oxidation sites excluding steroid dienone is 2. The Kier molecular flexibility index (Phi) is 12.6. The van der Waals surface area contributed by atoms with Gasteiger partial charge in [-0.1, -0.05) is 31.4 Å². The standard InChI is InChI=1S/C31H44O7/c1-22(11-10-12-24-16-17-24)27(33)19-18-26-25(13-6-4-5-7-14-30(34)35-3)28(37-23(2)32)21-29(26)38-31-15-8-9-20-36-31/h7,14,18-19,22,24-26,28-29,31H,4-6,8-9,11,13,15-17,20-21H2,1-3H3/b14-7+,19-18+/t22-,25+,26+,28-,29+,31?/m0/s1. The van der Waals surface area contributed by atoms with E-state index >= 15 is 0 Å². The van der Waals surface area contributed by atoms with Crippen molar-refractivity contribution in [2.75, 3.05) is 13.7 Å². The van der Waals surface area contributed by atoms with Gasteiger partial charge in [0.25, 0.3) is 0 Å². The lowest BCUT2D eigenvalue weighted by Crippen LogP contribution is -2.30. The van der Waals surface area contributed by atoms with Crippen molar-refractivity contribution in [3.8, 4) is 11.8 Å². The van der Waals surface area contributed by atoms with Gasteiger partial charge in [0, 0.05) is 56.1 Å². The van der Waals surface area contributed by atoms with Gasteiger partial charge in [0.05, 0.1) is 13.2 Å². The van der Waals surface area contributed by atoms with E-state index in [1.807, 2.05) is 19.1 Å². The first-order chi connectivity index (χ1) is 18.4. The Labute approximate surface area is 227 Å². The highest BCUT2D eigenvalue weighted by atomic mass is 16.7. The van der Waals surface area contributed by atoms with Crippen molar-refractivity contribution in [3.05, 3.63) is 24.3 Å². The topological polar surface area (TPSA) is 88.1 Å². The largest absolute Gasteiger partial charge is 0.466 e. The van der Waals surface area contributed by atoms with Crippen LogP contribution in [0.1, 0.15) is 84.5 Å². The van der Waals surface area contributed by atoms with E-state index in [1.165, 1.54) is 33.0 Å². The van der Waals surface area contributed by atoms with Crippen LogP contribution in [0.2, 0.25) is 0 Å². The molecule has 0 aromatic carbocycles. The van der Waals surface area contributed by atoms with Gasteiger partial charge >= 0.3 is 11.9 Å². The molecule has 3 fully saturated rings. The highest BCUT2D eigenvalue weighted by Crippen LogP contribution is 2.42. The minimum atomic E-state index is -0.358. The van der Waals surface area contributed by atoms with Crippen LogP contribution in [0.3, 0.4) is 0 Å². The summed E-state index contributed by atoms with van der Waals surface area (Å²) in [7, 11) is 1.36. The van der Waals surface area contributed by atoms with Crippen LogP contribution >= 0.6 is 0 Å². The molecule has 1 unspecified atom stereocenters. The zero-order chi connectivity index (χ0) is 27.3. The normalized spacial score (nSPS) is 28.1. The average molecular weight is 529 g/mol. The second kappa shape index (κ2) is 15.9. The summed E-state index contributed by atoms with van der Waals surface area (Å²) in [6.45, 7) is 4.05. The van der Waals surface area contributed by atoms with E-state index in [2.05, 4.69) is 16.6 Å². The van der Waals surface area contributed by atoms with Crippen LogP contribution in [0.25, 0.3) is 0 Å². The summed E-state index contributed by atoms with van der Waals surface area (Å²) in [5, 5.41) is 0. The Morgan fingerprint density at radius 2 is 1.89 bits per heavy atom. The van der Waals surface area contributed by atoms with E-state index in [-0.39, 0.29) is 54.0 Å². The zero-order valence-electron chi connectivity index (χ0n) is 23.2. The van der Waals surface area contributed by atoms with Crippen molar-refractivity contribution in [2.45, 2.75) is 103 Å². The fraction of sp³-hybridized carbons (Fsp3) is 0.710. The molecular weight excluding hydrogens is 484 g/mol. The lowest BCUT2D eigenvalue weighted by atomic mass is 9.87. The summed E-state index contributed by atoms with van der Waals surface area (Å²) < 4.78 is 22.7. The molecule has 0 N–H and O–H groups in total. The second-order valence-corrected chi connectivity index (χ2v) is 10.8. The molecule has 6 atom stereocenters. The monoisotopic (exact) mass is 528 g/mol. The maximum Gasteiger partial charge on any atom is 0.330 e. The van der Waals surface area contributed by atoms with Crippen molar-refractivity contribution in [1.29, 1.82) is 0 Å². The van der Waals surface area contributed by atoms with E-state index in [1.54, 1.807) is 6.08 Å². The van der Waals surface area contributed by atoms with Gasteiger partial charge in [-0.25, -0.2) is 4.79 Å². The van der Waals surface area contributed by atoms with Gasteiger partial charge < -0.3 is 18.9 Å². The molecule has 0 aromatic rings. The van der Waals surface area contributed by atoms with Crippen molar-refractivity contribution in [3.63, 3.8) is 0 Å². The quantitative estimate of drug-likeness (QED) is 0.138. The molecule has 7 heteroatoms. The Morgan fingerprint density at radius 3 is 2.58 bits per heavy atom. The van der Waals surface area contributed by atoms with E-state index in [0.29, 0.717) is 25.4 Å². The van der Waals surface area contributed by atoms with E-state index in [9.17, 15) is 14.4 Å². The molecule has 38 heavy (non-hydrogen) atoms. The summed E-state index contributed by atoms with van der Waals surface area (Å²) in [5.41, 5.74) is 0. The smallest absolute Gasteiger partial charge is 0.330 e. The van der Waals surface area contributed by atoms with Crippen LogP contribution < -0.4 is 0 Å². The minimum Gasteiger partial charge on any atom is -0.466 e. The maximum absolute atomic E-state index is 12.9. The van der Waals surface area contributed by atoms with Crippen molar-refractivity contribution in [2.24, 2.45) is 23.7 Å². The molecule has 0 radical (unpaired) electrons. The molecule has 7 nitrogen and oxygen atoms in total. The molecule has 210 valence electrons. The summed E-state index contributed by atoms with van der Waals surface area (Å²) in [6.07, 6.45) is 16.0. The minimum absolute atomic E-state index is 0.0334. The van der Waals surface area contributed by atoms with E-state index in [0.717, 1.165) is 44.9 Å². The molecule has 3 rings (SSSR count). The summed E-state index contributed by atoms with van der Waals surface area (Å²) in [5.74, 6) is 6.13. The maximum atomic E-state index is 12.9. The summed E-state index contributed by atoms with van der Waals surface area (Å²) >= 11 is 0. The molecule has 3 aliphatic rings. The lowest BCUT2D eigenvalue weighted by Gasteiger charge is -2.29.